The zero-order valence-electron chi connectivity index (χ0n) is 10.7. The molecule has 0 radical (unpaired) electrons. The summed E-state index contributed by atoms with van der Waals surface area (Å²) in [5.74, 6) is 0.0675. The van der Waals surface area contributed by atoms with Gasteiger partial charge < -0.3 is 15.1 Å². The summed E-state index contributed by atoms with van der Waals surface area (Å²) in [6, 6.07) is -0.341. The van der Waals surface area contributed by atoms with Gasteiger partial charge in [-0.25, -0.2) is 0 Å². The molecule has 0 aromatic rings. The molecule has 17 heavy (non-hydrogen) atoms. The Morgan fingerprint density at radius 3 is 2.59 bits per heavy atom. The first kappa shape index (κ1) is 16.2. The van der Waals surface area contributed by atoms with Gasteiger partial charge in [0.15, 0.2) is 0 Å². The van der Waals surface area contributed by atoms with Crippen LogP contribution in [0.15, 0.2) is 0 Å². The molecule has 1 aliphatic heterocycles. The fourth-order valence-electron chi connectivity index (χ4n) is 1.91. The van der Waals surface area contributed by atoms with Crippen molar-refractivity contribution in [3.8, 4) is 0 Å². The van der Waals surface area contributed by atoms with E-state index in [1.54, 1.807) is 16.8 Å². The molecule has 5 nitrogen and oxygen atoms in total. The summed E-state index contributed by atoms with van der Waals surface area (Å²) in [4.78, 5) is 27.0. The highest BCUT2D eigenvalue weighted by Crippen LogP contribution is 2.05. The van der Waals surface area contributed by atoms with Crippen molar-refractivity contribution in [1.29, 1.82) is 0 Å². The van der Waals surface area contributed by atoms with Crippen LogP contribution in [0.5, 0.6) is 0 Å². The Balaban J connectivity index is 0.00000256. The molecule has 0 spiro atoms. The second-order valence-electron chi connectivity index (χ2n) is 4.04. The molecule has 1 heterocycles. The lowest BCUT2D eigenvalue weighted by Gasteiger charge is -2.31. The van der Waals surface area contributed by atoms with E-state index in [9.17, 15) is 9.59 Å². The highest BCUT2D eigenvalue weighted by molar-refractivity contribution is 5.88. The number of amides is 2. The fourth-order valence-corrected chi connectivity index (χ4v) is 1.91. The van der Waals surface area contributed by atoms with Gasteiger partial charge in [-0.1, -0.05) is 0 Å². The third-order valence-electron chi connectivity index (χ3n) is 3.01. The van der Waals surface area contributed by atoms with Crippen molar-refractivity contribution in [3.05, 3.63) is 0 Å². The number of likely N-dealkylation sites (N-methyl/N-ethyl adjacent to an activating group) is 1. The maximum absolute atomic E-state index is 11.8. The van der Waals surface area contributed by atoms with Crippen molar-refractivity contribution < 1.29 is 9.59 Å². The van der Waals surface area contributed by atoms with Crippen LogP contribution in [0.2, 0.25) is 0 Å². The summed E-state index contributed by atoms with van der Waals surface area (Å²) in [6.07, 6.45) is 0.269. The van der Waals surface area contributed by atoms with Crippen molar-refractivity contribution in [2.24, 2.45) is 0 Å². The molecule has 0 saturated carbocycles. The summed E-state index contributed by atoms with van der Waals surface area (Å²) in [6.45, 7) is 6.78. The Morgan fingerprint density at radius 1 is 1.47 bits per heavy atom. The maximum Gasteiger partial charge on any atom is 0.240 e. The third kappa shape index (κ3) is 4.16. The first-order chi connectivity index (χ1) is 7.60. The summed E-state index contributed by atoms with van der Waals surface area (Å²) >= 11 is 0. The van der Waals surface area contributed by atoms with Crippen molar-refractivity contribution in [1.82, 2.24) is 15.1 Å². The molecule has 0 aliphatic carbocycles. The van der Waals surface area contributed by atoms with Gasteiger partial charge in [-0.15, -0.1) is 12.4 Å². The van der Waals surface area contributed by atoms with Gasteiger partial charge in [-0.05, 0) is 13.8 Å². The largest absolute Gasteiger partial charge is 0.343 e. The Labute approximate surface area is 109 Å². The standard InChI is InChI=1S/C11H21N3O2.ClH/c1-4-14(5-2)10(15)8-9-11(16)13(3)7-6-12-9;/h9,12H,4-8H2,1-3H3;1H. The topological polar surface area (TPSA) is 52.7 Å². The molecule has 1 rings (SSSR count). The van der Waals surface area contributed by atoms with Crippen LogP contribution in [0.1, 0.15) is 20.3 Å². The summed E-state index contributed by atoms with van der Waals surface area (Å²) in [7, 11) is 1.78. The molecule has 2 amide bonds. The number of hydrogen-bond donors (Lipinski definition) is 1. The van der Waals surface area contributed by atoms with E-state index in [0.29, 0.717) is 13.1 Å². The lowest BCUT2D eigenvalue weighted by molar-refractivity contribution is -0.139. The van der Waals surface area contributed by atoms with Gasteiger partial charge >= 0.3 is 0 Å². The lowest BCUT2D eigenvalue weighted by atomic mass is 10.1. The quantitative estimate of drug-likeness (QED) is 0.783. The summed E-state index contributed by atoms with van der Waals surface area (Å²) < 4.78 is 0. The molecule has 6 heteroatoms. The smallest absolute Gasteiger partial charge is 0.240 e. The minimum absolute atomic E-state index is 0. The van der Waals surface area contributed by atoms with E-state index in [1.807, 2.05) is 13.8 Å². The Bertz CT molecular complexity index is 269. The van der Waals surface area contributed by atoms with Crippen molar-refractivity contribution in [2.75, 3.05) is 33.2 Å². The lowest BCUT2D eigenvalue weighted by Crippen LogP contribution is -2.55. The van der Waals surface area contributed by atoms with E-state index in [4.69, 9.17) is 0 Å². The molecule has 1 aliphatic rings. The number of hydrogen-bond acceptors (Lipinski definition) is 3. The van der Waals surface area contributed by atoms with Gasteiger partial charge in [0.1, 0.15) is 0 Å². The predicted octanol–water partition coefficient (Wildman–Crippen LogP) is 0.0969. The van der Waals surface area contributed by atoms with Crippen LogP contribution in [0, 0.1) is 0 Å². The minimum atomic E-state index is -0.341. The monoisotopic (exact) mass is 263 g/mol. The van der Waals surface area contributed by atoms with Crippen LogP contribution in [0.4, 0.5) is 0 Å². The van der Waals surface area contributed by atoms with Crippen LogP contribution >= 0.6 is 12.4 Å². The van der Waals surface area contributed by atoms with Crippen LogP contribution in [0.3, 0.4) is 0 Å². The first-order valence-corrected chi connectivity index (χ1v) is 5.86. The van der Waals surface area contributed by atoms with E-state index in [0.717, 1.165) is 13.1 Å². The second-order valence-corrected chi connectivity index (χ2v) is 4.04. The fraction of sp³-hybridized carbons (Fsp3) is 0.818. The van der Waals surface area contributed by atoms with Gasteiger partial charge in [0.2, 0.25) is 11.8 Å². The summed E-state index contributed by atoms with van der Waals surface area (Å²) in [5, 5.41) is 3.09. The zero-order chi connectivity index (χ0) is 12.1. The van der Waals surface area contributed by atoms with Gasteiger partial charge in [-0.2, -0.15) is 0 Å². The molecular weight excluding hydrogens is 242 g/mol. The number of carbonyl (C=O) groups is 2. The van der Waals surface area contributed by atoms with Gasteiger partial charge in [0.25, 0.3) is 0 Å². The summed E-state index contributed by atoms with van der Waals surface area (Å²) in [5.41, 5.74) is 0. The molecule has 100 valence electrons. The Morgan fingerprint density at radius 2 is 2.06 bits per heavy atom. The van der Waals surface area contributed by atoms with Crippen LogP contribution in [0.25, 0.3) is 0 Å². The van der Waals surface area contributed by atoms with Crippen molar-refractivity contribution in [3.63, 3.8) is 0 Å². The molecule has 1 fully saturated rings. The molecule has 1 N–H and O–H groups in total. The molecule has 0 bridgehead atoms. The molecule has 1 saturated heterocycles. The van der Waals surface area contributed by atoms with E-state index in [1.165, 1.54) is 0 Å². The maximum atomic E-state index is 11.8. The predicted molar refractivity (Wildman–Crippen MR) is 69.2 cm³/mol. The average Bonchev–Trinajstić information content (AvgIpc) is 2.26. The molecule has 1 atom stereocenters. The molecule has 0 aromatic carbocycles. The zero-order valence-corrected chi connectivity index (χ0v) is 11.5. The van der Waals surface area contributed by atoms with Crippen LogP contribution in [-0.4, -0.2) is 60.9 Å². The molecular formula is C11H22ClN3O2. The van der Waals surface area contributed by atoms with Gasteiger partial charge in [0.05, 0.1) is 12.5 Å². The SMILES string of the molecule is CCN(CC)C(=O)CC1NCCN(C)C1=O.Cl. The van der Waals surface area contributed by atoms with Crippen LogP contribution < -0.4 is 5.32 Å². The highest BCUT2D eigenvalue weighted by Gasteiger charge is 2.28. The van der Waals surface area contributed by atoms with Gasteiger partial charge in [0, 0.05) is 33.2 Å². The highest BCUT2D eigenvalue weighted by atomic mass is 35.5. The number of nitrogens with one attached hydrogen (secondary N) is 1. The average molecular weight is 264 g/mol. The number of halogens is 1. The Hall–Kier alpha value is -0.810. The molecule has 1 unspecified atom stereocenters. The minimum Gasteiger partial charge on any atom is -0.343 e. The van der Waals surface area contributed by atoms with E-state index in [2.05, 4.69) is 5.32 Å². The number of rotatable bonds is 4. The second kappa shape index (κ2) is 7.50. The van der Waals surface area contributed by atoms with Crippen LogP contribution in [-0.2, 0) is 9.59 Å². The normalized spacial score (nSPS) is 19.8. The van der Waals surface area contributed by atoms with Crippen molar-refractivity contribution >= 4 is 24.2 Å². The molecule has 0 aromatic heterocycles. The Kier molecular flexibility index (Phi) is 7.15. The number of nitrogens with zero attached hydrogens (tertiary/aromatic N) is 2. The van der Waals surface area contributed by atoms with E-state index < -0.39 is 0 Å². The van der Waals surface area contributed by atoms with E-state index in [-0.39, 0.29) is 36.7 Å². The van der Waals surface area contributed by atoms with Gasteiger partial charge in [-0.3, -0.25) is 9.59 Å². The first-order valence-electron chi connectivity index (χ1n) is 5.86. The third-order valence-corrected chi connectivity index (χ3v) is 3.01. The number of carbonyl (C=O) groups excluding carboxylic acids is 2. The van der Waals surface area contributed by atoms with Crippen molar-refractivity contribution in [2.45, 2.75) is 26.3 Å². The van der Waals surface area contributed by atoms with E-state index >= 15 is 0 Å². The number of piperazine rings is 1.